The summed E-state index contributed by atoms with van der Waals surface area (Å²) < 4.78 is 26.2. The molecular weight excluding hydrogens is 455 g/mol. The Balaban J connectivity index is 1.48. The number of carbonyl (C=O) groups excluding carboxylic acids is 1. The average molecular weight is 477 g/mol. The average Bonchev–Trinajstić information content (AvgIpc) is 3.44. The number of hydrogen-bond acceptors (Lipinski definition) is 6. The van der Waals surface area contributed by atoms with Crippen LogP contribution in [-0.2, 0) is 16.1 Å². The highest BCUT2D eigenvalue weighted by molar-refractivity contribution is 7.99. The van der Waals surface area contributed by atoms with Crippen LogP contribution in [0.5, 0.6) is 5.75 Å². The van der Waals surface area contributed by atoms with E-state index in [1.165, 1.54) is 31.0 Å². The van der Waals surface area contributed by atoms with E-state index in [-0.39, 0.29) is 23.6 Å². The van der Waals surface area contributed by atoms with E-state index >= 15 is 0 Å². The van der Waals surface area contributed by atoms with Crippen LogP contribution in [0.4, 0.5) is 10.1 Å². The molecule has 32 heavy (non-hydrogen) atoms. The Bertz CT molecular complexity index is 1090. The van der Waals surface area contributed by atoms with Crippen molar-refractivity contribution < 1.29 is 18.7 Å². The number of carbonyl (C=O) groups is 1. The standard InChI is InChI=1S/C22H22ClFN4O3S/c1-30-19-9-8-16(11-18(19)23)25-20(29)13-32-22-27-26-21(14-4-6-15(24)7-5-14)28(22)12-17-3-2-10-31-17/h4-9,11,17H,2-3,10,12-13H2,1H3,(H,25,29)/t17-/m1/s1. The van der Waals surface area contributed by atoms with E-state index in [9.17, 15) is 9.18 Å². The number of ether oxygens (including phenoxy) is 2. The highest BCUT2D eigenvalue weighted by Crippen LogP contribution is 2.29. The van der Waals surface area contributed by atoms with Crippen LogP contribution in [0.15, 0.2) is 47.6 Å². The highest BCUT2D eigenvalue weighted by atomic mass is 35.5. The Hall–Kier alpha value is -2.62. The molecular formula is C22H22ClFN4O3S. The van der Waals surface area contributed by atoms with Gasteiger partial charge in [0.2, 0.25) is 5.91 Å². The Morgan fingerprint density at radius 3 is 2.81 bits per heavy atom. The lowest BCUT2D eigenvalue weighted by atomic mass is 10.2. The third-order valence-corrected chi connectivity index (χ3v) is 6.26. The molecule has 1 saturated heterocycles. The monoisotopic (exact) mass is 476 g/mol. The normalized spacial score (nSPS) is 15.7. The van der Waals surface area contributed by atoms with E-state index in [0.29, 0.717) is 34.0 Å². The molecule has 0 aliphatic carbocycles. The SMILES string of the molecule is COc1ccc(NC(=O)CSc2nnc(-c3ccc(F)cc3)n2C[C@H]2CCCO2)cc1Cl. The Morgan fingerprint density at radius 2 is 2.12 bits per heavy atom. The molecule has 0 bridgehead atoms. The molecule has 3 aromatic rings. The predicted octanol–water partition coefficient (Wildman–Crippen LogP) is 4.66. The fourth-order valence-electron chi connectivity index (χ4n) is 3.44. The molecule has 10 heteroatoms. The number of benzene rings is 2. The molecule has 0 spiro atoms. The third kappa shape index (κ3) is 5.40. The first-order valence-corrected chi connectivity index (χ1v) is 11.5. The quantitative estimate of drug-likeness (QED) is 0.476. The van der Waals surface area contributed by atoms with Crippen LogP contribution in [0.25, 0.3) is 11.4 Å². The minimum atomic E-state index is -0.316. The molecule has 1 fully saturated rings. The predicted molar refractivity (Wildman–Crippen MR) is 122 cm³/mol. The largest absolute Gasteiger partial charge is 0.495 e. The van der Waals surface area contributed by atoms with Crippen LogP contribution in [-0.4, -0.2) is 46.2 Å². The summed E-state index contributed by atoms with van der Waals surface area (Å²) in [7, 11) is 1.53. The molecule has 1 aliphatic rings. The van der Waals surface area contributed by atoms with Gasteiger partial charge in [0.15, 0.2) is 11.0 Å². The summed E-state index contributed by atoms with van der Waals surface area (Å²) in [6, 6.07) is 11.2. The van der Waals surface area contributed by atoms with Crippen molar-refractivity contribution in [2.45, 2.75) is 30.6 Å². The highest BCUT2D eigenvalue weighted by Gasteiger charge is 2.22. The van der Waals surface area contributed by atoms with Gasteiger partial charge in [0, 0.05) is 17.9 Å². The van der Waals surface area contributed by atoms with Gasteiger partial charge in [-0.25, -0.2) is 4.39 Å². The summed E-state index contributed by atoms with van der Waals surface area (Å²) >= 11 is 7.40. The van der Waals surface area contributed by atoms with Gasteiger partial charge in [-0.15, -0.1) is 10.2 Å². The Labute approximate surface area is 194 Å². The number of aromatic nitrogens is 3. The van der Waals surface area contributed by atoms with Gasteiger partial charge in [-0.2, -0.15) is 0 Å². The second kappa shape index (κ2) is 10.3. The van der Waals surface area contributed by atoms with Crippen LogP contribution >= 0.6 is 23.4 Å². The van der Waals surface area contributed by atoms with Crippen molar-refractivity contribution in [3.63, 3.8) is 0 Å². The van der Waals surface area contributed by atoms with E-state index < -0.39 is 0 Å². The van der Waals surface area contributed by atoms with E-state index in [4.69, 9.17) is 21.1 Å². The number of amides is 1. The van der Waals surface area contributed by atoms with Crippen molar-refractivity contribution >= 4 is 35.0 Å². The summed E-state index contributed by atoms with van der Waals surface area (Å²) in [5.41, 5.74) is 1.33. The number of methoxy groups -OCH3 is 1. The maximum atomic E-state index is 13.4. The minimum absolute atomic E-state index is 0.0554. The van der Waals surface area contributed by atoms with Crippen molar-refractivity contribution in [3.8, 4) is 17.1 Å². The first-order chi connectivity index (χ1) is 15.5. The number of thioether (sulfide) groups is 1. The fourth-order valence-corrected chi connectivity index (χ4v) is 4.44. The zero-order chi connectivity index (χ0) is 22.5. The lowest BCUT2D eigenvalue weighted by Crippen LogP contribution is -2.18. The first-order valence-electron chi connectivity index (χ1n) is 10.1. The van der Waals surface area contributed by atoms with E-state index in [1.807, 2.05) is 4.57 Å². The van der Waals surface area contributed by atoms with E-state index in [1.54, 1.807) is 30.3 Å². The summed E-state index contributed by atoms with van der Waals surface area (Å²) in [5, 5.41) is 12.4. The molecule has 168 valence electrons. The maximum absolute atomic E-state index is 13.4. The van der Waals surface area contributed by atoms with Gasteiger partial charge >= 0.3 is 0 Å². The molecule has 1 atom stereocenters. The van der Waals surface area contributed by atoms with E-state index in [2.05, 4.69) is 15.5 Å². The van der Waals surface area contributed by atoms with Crippen molar-refractivity contribution in [3.05, 3.63) is 53.3 Å². The Kier molecular flexibility index (Phi) is 7.29. The van der Waals surface area contributed by atoms with Gasteiger partial charge < -0.3 is 14.8 Å². The zero-order valence-corrected chi connectivity index (χ0v) is 19.0. The van der Waals surface area contributed by atoms with Crippen LogP contribution < -0.4 is 10.1 Å². The minimum Gasteiger partial charge on any atom is -0.495 e. The lowest BCUT2D eigenvalue weighted by molar-refractivity contribution is -0.113. The van der Waals surface area contributed by atoms with Crippen molar-refractivity contribution in [2.24, 2.45) is 0 Å². The van der Waals surface area contributed by atoms with Gasteiger partial charge in [0.05, 0.1) is 30.5 Å². The molecule has 7 nitrogen and oxygen atoms in total. The zero-order valence-electron chi connectivity index (χ0n) is 17.4. The van der Waals surface area contributed by atoms with Crippen LogP contribution in [0.1, 0.15) is 12.8 Å². The van der Waals surface area contributed by atoms with Gasteiger partial charge in [-0.05, 0) is 55.3 Å². The van der Waals surface area contributed by atoms with Gasteiger partial charge in [0.1, 0.15) is 11.6 Å². The molecule has 0 unspecified atom stereocenters. The van der Waals surface area contributed by atoms with Crippen LogP contribution in [0.2, 0.25) is 5.02 Å². The second-order valence-electron chi connectivity index (χ2n) is 7.24. The molecule has 1 aliphatic heterocycles. The first kappa shape index (κ1) is 22.6. The lowest BCUT2D eigenvalue weighted by Gasteiger charge is -2.15. The van der Waals surface area contributed by atoms with Crippen molar-refractivity contribution in [1.29, 1.82) is 0 Å². The summed E-state index contributed by atoms with van der Waals surface area (Å²) in [6.45, 7) is 1.30. The van der Waals surface area contributed by atoms with Crippen LogP contribution in [0.3, 0.4) is 0 Å². The second-order valence-corrected chi connectivity index (χ2v) is 8.59. The summed E-state index contributed by atoms with van der Waals surface area (Å²) in [4.78, 5) is 12.5. The number of rotatable bonds is 8. The number of nitrogens with one attached hydrogen (secondary N) is 1. The topological polar surface area (TPSA) is 78.3 Å². The number of nitrogens with zero attached hydrogens (tertiary/aromatic N) is 3. The Morgan fingerprint density at radius 1 is 1.31 bits per heavy atom. The van der Waals surface area contributed by atoms with Gasteiger partial charge in [-0.3, -0.25) is 9.36 Å². The molecule has 1 aromatic heterocycles. The number of anilines is 1. The van der Waals surface area contributed by atoms with Gasteiger partial charge in [0.25, 0.3) is 0 Å². The summed E-state index contributed by atoms with van der Waals surface area (Å²) in [6.07, 6.45) is 2.01. The third-order valence-electron chi connectivity index (χ3n) is 5.00. The van der Waals surface area contributed by atoms with Crippen molar-refractivity contribution in [2.75, 3.05) is 24.8 Å². The molecule has 2 heterocycles. The molecule has 4 rings (SSSR count). The fraction of sp³-hybridized carbons (Fsp3) is 0.318. The molecule has 1 N–H and O–H groups in total. The van der Waals surface area contributed by atoms with Gasteiger partial charge in [-0.1, -0.05) is 23.4 Å². The summed E-state index contributed by atoms with van der Waals surface area (Å²) in [5.74, 6) is 0.770. The van der Waals surface area contributed by atoms with Crippen LogP contribution in [0, 0.1) is 5.82 Å². The molecule has 1 amide bonds. The van der Waals surface area contributed by atoms with Crippen molar-refractivity contribution in [1.82, 2.24) is 14.8 Å². The molecule has 2 aromatic carbocycles. The van der Waals surface area contributed by atoms with E-state index in [0.717, 1.165) is 25.0 Å². The number of halogens is 2. The molecule has 0 radical (unpaired) electrons. The molecule has 0 saturated carbocycles. The number of hydrogen-bond donors (Lipinski definition) is 1. The maximum Gasteiger partial charge on any atom is 0.234 e. The smallest absolute Gasteiger partial charge is 0.234 e.